The molecule has 5 nitrogen and oxygen atoms in total. The number of fused-ring (bicyclic) bond motifs is 2. The maximum atomic E-state index is 13.6. The molecule has 3 N–H and O–H groups in total. The summed E-state index contributed by atoms with van der Waals surface area (Å²) >= 11 is 0. The van der Waals surface area contributed by atoms with Gasteiger partial charge in [-0.05, 0) is 86.9 Å². The minimum absolute atomic E-state index is 0.0149. The SMILES string of the molecule is C=C(CC[C@@H](C)[C@H]1CC[C@H]2C3=CC[C@@H]4[C@]5(C[C@@]35C(O)C[C@]12C)C(=O)CC(O)[C@@]4(C)C(=O)O)C(C)C. The van der Waals surface area contributed by atoms with Gasteiger partial charge in [-0.2, -0.15) is 0 Å². The Hall–Kier alpha value is -1.46. The van der Waals surface area contributed by atoms with E-state index in [1.165, 1.54) is 11.1 Å². The van der Waals surface area contributed by atoms with E-state index in [1.807, 2.05) is 0 Å². The summed E-state index contributed by atoms with van der Waals surface area (Å²) in [7, 11) is 0. The minimum Gasteiger partial charge on any atom is -0.481 e. The van der Waals surface area contributed by atoms with Gasteiger partial charge in [-0.25, -0.2) is 0 Å². The van der Waals surface area contributed by atoms with E-state index < -0.39 is 40.3 Å². The molecule has 10 atom stereocenters. The topological polar surface area (TPSA) is 94.8 Å². The number of rotatable bonds is 6. The van der Waals surface area contributed by atoms with Crippen molar-refractivity contribution < 1.29 is 24.9 Å². The van der Waals surface area contributed by atoms with Gasteiger partial charge in [-0.1, -0.05) is 51.5 Å². The highest BCUT2D eigenvalue weighted by molar-refractivity contribution is 5.95. The van der Waals surface area contributed by atoms with Crippen molar-refractivity contribution in [2.45, 2.75) is 98.2 Å². The molecule has 2 spiro atoms. The number of carbonyl (C=O) groups excluding carboxylic acids is 1. The van der Waals surface area contributed by atoms with Crippen molar-refractivity contribution >= 4 is 11.8 Å². The van der Waals surface area contributed by atoms with Crippen molar-refractivity contribution in [3.8, 4) is 0 Å². The summed E-state index contributed by atoms with van der Waals surface area (Å²) in [6, 6.07) is 0. The van der Waals surface area contributed by atoms with Crippen LogP contribution in [-0.2, 0) is 9.59 Å². The molecule has 4 saturated carbocycles. The normalized spacial score (nSPS) is 48.9. The van der Waals surface area contributed by atoms with Gasteiger partial charge >= 0.3 is 5.97 Å². The largest absolute Gasteiger partial charge is 0.481 e. The molecule has 5 aliphatic carbocycles. The third-order valence-corrected chi connectivity index (χ3v) is 12.1. The molecule has 0 amide bonds. The third-order valence-electron chi connectivity index (χ3n) is 12.1. The number of carboxylic acids is 1. The van der Waals surface area contributed by atoms with Crippen LogP contribution in [0.4, 0.5) is 0 Å². The molecule has 4 fully saturated rings. The first-order chi connectivity index (χ1) is 16.3. The van der Waals surface area contributed by atoms with Crippen LogP contribution in [0.5, 0.6) is 0 Å². The van der Waals surface area contributed by atoms with Crippen LogP contribution in [-0.4, -0.2) is 39.3 Å². The second-order valence-electron chi connectivity index (χ2n) is 13.6. The van der Waals surface area contributed by atoms with Gasteiger partial charge in [0.15, 0.2) is 0 Å². The first kappa shape index (κ1) is 25.2. The summed E-state index contributed by atoms with van der Waals surface area (Å²) in [5, 5.41) is 32.7. The van der Waals surface area contributed by atoms with E-state index in [9.17, 15) is 24.9 Å². The van der Waals surface area contributed by atoms with Crippen molar-refractivity contribution in [2.24, 2.45) is 51.2 Å². The minimum atomic E-state index is -1.37. The number of allylic oxidation sites excluding steroid dienone is 2. The van der Waals surface area contributed by atoms with Crippen molar-refractivity contribution in [3.63, 3.8) is 0 Å². The summed E-state index contributed by atoms with van der Waals surface area (Å²) in [5.41, 5.74) is -0.292. The number of aliphatic carboxylic acids is 1. The summed E-state index contributed by atoms with van der Waals surface area (Å²) < 4.78 is 0. The monoisotopic (exact) mass is 484 g/mol. The zero-order valence-corrected chi connectivity index (χ0v) is 22.1. The molecule has 194 valence electrons. The smallest absolute Gasteiger partial charge is 0.312 e. The quantitative estimate of drug-likeness (QED) is 0.453. The molecule has 0 aromatic heterocycles. The number of ketones is 1. The zero-order chi connectivity index (χ0) is 25.7. The fourth-order valence-corrected chi connectivity index (χ4v) is 9.77. The number of aliphatic hydroxyl groups is 2. The lowest BCUT2D eigenvalue weighted by Gasteiger charge is -2.56. The zero-order valence-electron chi connectivity index (χ0n) is 22.1. The van der Waals surface area contributed by atoms with Crippen LogP contribution in [0.3, 0.4) is 0 Å². The van der Waals surface area contributed by atoms with Crippen LogP contribution in [0.1, 0.15) is 86.0 Å². The molecule has 0 bridgehead atoms. The molecule has 0 aliphatic heterocycles. The summed E-state index contributed by atoms with van der Waals surface area (Å²) in [6.45, 7) is 15.0. The molecule has 35 heavy (non-hydrogen) atoms. The van der Waals surface area contributed by atoms with E-state index in [2.05, 4.69) is 40.3 Å². The first-order valence-electron chi connectivity index (χ1n) is 13.8. The molecule has 0 aromatic rings. The molecule has 5 aliphatic rings. The van der Waals surface area contributed by atoms with Gasteiger partial charge < -0.3 is 15.3 Å². The Bertz CT molecular complexity index is 997. The molecule has 5 rings (SSSR count). The summed E-state index contributed by atoms with van der Waals surface area (Å²) in [5.74, 6) is 0.354. The van der Waals surface area contributed by atoms with E-state index >= 15 is 0 Å². The van der Waals surface area contributed by atoms with Gasteiger partial charge in [0, 0.05) is 17.3 Å². The molecule has 2 unspecified atom stereocenters. The van der Waals surface area contributed by atoms with Crippen LogP contribution in [0, 0.1) is 51.2 Å². The molecular formula is C30H44O5. The Balaban J connectivity index is 1.48. The predicted octanol–water partition coefficient (Wildman–Crippen LogP) is 5.16. The lowest BCUT2D eigenvalue weighted by Crippen LogP contribution is -2.61. The lowest BCUT2D eigenvalue weighted by atomic mass is 9.48. The molecule has 0 aromatic carbocycles. The number of carbonyl (C=O) groups is 2. The van der Waals surface area contributed by atoms with Gasteiger partial charge in [0.2, 0.25) is 0 Å². The third kappa shape index (κ3) is 2.94. The number of hydrogen-bond donors (Lipinski definition) is 3. The van der Waals surface area contributed by atoms with Gasteiger partial charge in [0.05, 0.1) is 17.6 Å². The average Bonchev–Trinajstić information content (AvgIpc) is 3.39. The van der Waals surface area contributed by atoms with Crippen LogP contribution in [0.25, 0.3) is 0 Å². The van der Waals surface area contributed by atoms with Crippen LogP contribution >= 0.6 is 0 Å². The number of carboxylic acid groups (broad SMARTS) is 1. The Morgan fingerprint density at radius 2 is 1.83 bits per heavy atom. The van der Waals surface area contributed by atoms with Gasteiger partial charge in [0.1, 0.15) is 5.78 Å². The standard InChI is InChI=1S/C30H44O5/c1-16(2)17(3)7-8-18(4)19-9-10-20-21-11-12-22-28(6,26(34)35)23(31)13-24(32)30(22)15-29(21,30)25(33)14-27(19,20)5/h11,16,18-20,22-23,25,31,33H,3,7-10,12-15H2,1-2,4-6H3,(H,34,35)/t18-,19-,20+,22+,23?,25?,27-,28+,29+,30-/m1/s1. The summed E-state index contributed by atoms with van der Waals surface area (Å²) in [6.07, 6.45) is 6.32. The molecule has 0 saturated heterocycles. The van der Waals surface area contributed by atoms with E-state index in [-0.39, 0.29) is 17.6 Å². The number of hydrogen-bond acceptors (Lipinski definition) is 4. The Labute approximate surface area is 210 Å². The van der Waals surface area contributed by atoms with Crippen molar-refractivity contribution in [1.29, 1.82) is 0 Å². The number of aliphatic hydroxyl groups excluding tert-OH is 2. The first-order valence-corrected chi connectivity index (χ1v) is 13.8. The highest BCUT2D eigenvalue weighted by Crippen LogP contribution is 2.84. The highest BCUT2D eigenvalue weighted by Gasteiger charge is 2.85. The second kappa shape index (κ2) is 7.77. The van der Waals surface area contributed by atoms with E-state index in [0.29, 0.717) is 42.9 Å². The van der Waals surface area contributed by atoms with Crippen LogP contribution in [0.15, 0.2) is 23.8 Å². The molecule has 0 heterocycles. The fourth-order valence-electron chi connectivity index (χ4n) is 9.77. The molecule has 5 heteroatoms. The van der Waals surface area contributed by atoms with Gasteiger partial charge in [0.25, 0.3) is 0 Å². The maximum Gasteiger partial charge on any atom is 0.312 e. The van der Waals surface area contributed by atoms with E-state index in [1.54, 1.807) is 6.92 Å². The fraction of sp³-hybridized carbons (Fsp3) is 0.800. The van der Waals surface area contributed by atoms with Crippen LogP contribution in [0.2, 0.25) is 0 Å². The van der Waals surface area contributed by atoms with Crippen molar-refractivity contribution in [2.75, 3.05) is 0 Å². The van der Waals surface area contributed by atoms with Gasteiger partial charge in [-0.15, -0.1) is 0 Å². The molecule has 0 radical (unpaired) electrons. The van der Waals surface area contributed by atoms with E-state index in [4.69, 9.17) is 0 Å². The highest BCUT2D eigenvalue weighted by atomic mass is 16.4. The Morgan fingerprint density at radius 3 is 2.46 bits per heavy atom. The Kier molecular flexibility index (Phi) is 5.60. The van der Waals surface area contributed by atoms with Gasteiger partial charge in [-0.3, -0.25) is 9.59 Å². The van der Waals surface area contributed by atoms with Crippen LogP contribution < -0.4 is 0 Å². The maximum absolute atomic E-state index is 13.6. The predicted molar refractivity (Wildman–Crippen MR) is 134 cm³/mol. The molecular weight excluding hydrogens is 440 g/mol. The Morgan fingerprint density at radius 1 is 1.14 bits per heavy atom. The van der Waals surface area contributed by atoms with Crippen molar-refractivity contribution in [1.82, 2.24) is 0 Å². The number of Topliss-reactive ketones (excluding diaryl/α,β-unsaturated/α-hetero) is 1. The summed E-state index contributed by atoms with van der Waals surface area (Å²) in [4.78, 5) is 25.9. The lowest BCUT2D eigenvalue weighted by molar-refractivity contribution is -0.178. The van der Waals surface area contributed by atoms with E-state index in [0.717, 1.165) is 25.7 Å². The van der Waals surface area contributed by atoms with Crippen molar-refractivity contribution in [3.05, 3.63) is 23.8 Å². The second-order valence-corrected chi connectivity index (χ2v) is 13.6. The average molecular weight is 485 g/mol.